The summed E-state index contributed by atoms with van der Waals surface area (Å²) in [6, 6.07) is 0. The normalized spacial score (nSPS) is 35.4. The molecule has 0 spiro atoms. The number of hydrogen-bond donors (Lipinski definition) is 1. The van der Waals surface area contributed by atoms with E-state index < -0.39 is 11.4 Å². The van der Waals surface area contributed by atoms with Gasteiger partial charge >= 0.3 is 5.97 Å². The van der Waals surface area contributed by atoms with Crippen LogP contribution in [0.4, 0.5) is 0 Å². The van der Waals surface area contributed by atoms with E-state index in [2.05, 4.69) is 6.58 Å². The molecule has 2 unspecified atom stereocenters. The Morgan fingerprint density at radius 2 is 2.27 bits per heavy atom. The van der Waals surface area contributed by atoms with Crippen LogP contribution in [0, 0.1) is 11.3 Å². The second-order valence-corrected chi connectivity index (χ2v) is 4.97. The maximum Gasteiger partial charge on any atom is 0.312 e. The molecule has 3 nitrogen and oxygen atoms in total. The third-order valence-corrected chi connectivity index (χ3v) is 3.48. The molecule has 0 bridgehead atoms. The molecule has 2 aliphatic rings. The molecule has 0 aromatic rings. The number of carboxylic acids is 1. The van der Waals surface area contributed by atoms with Crippen molar-refractivity contribution < 1.29 is 14.6 Å². The van der Waals surface area contributed by atoms with Crippen molar-refractivity contribution in [3.63, 3.8) is 0 Å². The number of hydrogen-bond acceptors (Lipinski definition) is 2. The van der Waals surface area contributed by atoms with Gasteiger partial charge in [-0.15, -0.1) is 6.58 Å². The maximum atomic E-state index is 11.5. The highest BCUT2D eigenvalue weighted by Gasteiger charge is 2.55. The molecule has 0 aromatic heterocycles. The summed E-state index contributed by atoms with van der Waals surface area (Å²) in [6.07, 6.45) is 3.36. The predicted molar refractivity (Wildman–Crippen MR) is 56.6 cm³/mol. The predicted octanol–water partition coefficient (Wildman–Crippen LogP) is 2.22. The zero-order valence-electron chi connectivity index (χ0n) is 9.16. The molecule has 3 heteroatoms. The highest BCUT2D eigenvalue weighted by atomic mass is 16.5. The molecule has 1 N–H and O–H groups in total. The minimum absolute atomic E-state index is 0.0771. The van der Waals surface area contributed by atoms with Gasteiger partial charge in [-0.05, 0) is 38.5 Å². The topological polar surface area (TPSA) is 46.5 Å². The molecule has 1 aliphatic heterocycles. The Balaban J connectivity index is 2.22. The van der Waals surface area contributed by atoms with Crippen LogP contribution >= 0.6 is 0 Å². The van der Waals surface area contributed by atoms with Crippen LogP contribution in [0.3, 0.4) is 0 Å². The van der Waals surface area contributed by atoms with Gasteiger partial charge in [0.15, 0.2) is 0 Å². The molecule has 0 radical (unpaired) electrons. The van der Waals surface area contributed by atoms with Gasteiger partial charge in [0.25, 0.3) is 0 Å². The average molecular weight is 210 g/mol. The summed E-state index contributed by atoms with van der Waals surface area (Å²) in [5.74, 6) is -0.233. The number of carbonyl (C=O) groups is 1. The molecule has 1 heterocycles. The SMILES string of the molecule is C=C(C)CC1(C(=O)O)CCOC1C1CC1. The molecule has 1 saturated carbocycles. The maximum absolute atomic E-state index is 11.5. The van der Waals surface area contributed by atoms with Crippen LogP contribution in [0.1, 0.15) is 32.6 Å². The highest BCUT2D eigenvalue weighted by Crippen LogP contribution is 2.50. The highest BCUT2D eigenvalue weighted by molar-refractivity contribution is 5.76. The lowest BCUT2D eigenvalue weighted by Crippen LogP contribution is -2.40. The van der Waals surface area contributed by atoms with Crippen LogP contribution in [0.2, 0.25) is 0 Å². The molecule has 0 amide bonds. The first-order valence-corrected chi connectivity index (χ1v) is 5.55. The molecule has 2 fully saturated rings. The van der Waals surface area contributed by atoms with Crippen molar-refractivity contribution in [2.75, 3.05) is 6.61 Å². The number of rotatable bonds is 4. The van der Waals surface area contributed by atoms with Gasteiger partial charge in [-0.2, -0.15) is 0 Å². The molecular formula is C12H18O3. The average Bonchev–Trinajstić information content (AvgIpc) is 2.88. The molecule has 15 heavy (non-hydrogen) atoms. The number of allylic oxidation sites excluding steroid dienone is 1. The fourth-order valence-corrected chi connectivity index (χ4v) is 2.69. The first kappa shape index (κ1) is 10.7. The van der Waals surface area contributed by atoms with E-state index in [-0.39, 0.29) is 6.10 Å². The number of aliphatic carboxylic acids is 1. The van der Waals surface area contributed by atoms with Crippen molar-refractivity contribution in [1.82, 2.24) is 0 Å². The van der Waals surface area contributed by atoms with Gasteiger partial charge in [0.2, 0.25) is 0 Å². The quantitative estimate of drug-likeness (QED) is 0.724. The molecule has 0 aromatic carbocycles. The van der Waals surface area contributed by atoms with Crippen LogP contribution in [-0.4, -0.2) is 23.8 Å². The summed E-state index contributed by atoms with van der Waals surface area (Å²) >= 11 is 0. The fourth-order valence-electron chi connectivity index (χ4n) is 2.69. The number of ether oxygens (including phenoxy) is 1. The first-order valence-electron chi connectivity index (χ1n) is 5.55. The van der Waals surface area contributed by atoms with E-state index in [0.717, 1.165) is 18.4 Å². The Labute approximate surface area is 90.1 Å². The van der Waals surface area contributed by atoms with E-state index in [1.165, 1.54) is 0 Å². The summed E-state index contributed by atoms with van der Waals surface area (Å²) in [7, 11) is 0. The lowest BCUT2D eigenvalue weighted by atomic mass is 9.74. The van der Waals surface area contributed by atoms with Gasteiger partial charge in [0.05, 0.1) is 11.5 Å². The van der Waals surface area contributed by atoms with E-state index in [1.807, 2.05) is 6.92 Å². The lowest BCUT2D eigenvalue weighted by molar-refractivity contribution is -0.153. The Bertz CT molecular complexity index is 293. The van der Waals surface area contributed by atoms with E-state index >= 15 is 0 Å². The lowest BCUT2D eigenvalue weighted by Gasteiger charge is -2.30. The van der Waals surface area contributed by atoms with Gasteiger partial charge in [-0.3, -0.25) is 4.79 Å². The zero-order valence-corrected chi connectivity index (χ0v) is 9.16. The van der Waals surface area contributed by atoms with Gasteiger partial charge in [-0.25, -0.2) is 0 Å². The molecule has 2 atom stereocenters. The Morgan fingerprint density at radius 3 is 2.73 bits per heavy atom. The van der Waals surface area contributed by atoms with E-state index in [1.54, 1.807) is 0 Å². The van der Waals surface area contributed by atoms with Crippen LogP contribution in [0.25, 0.3) is 0 Å². The molecular weight excluding hydrogens is 192 g/mol. The monoisotopic (exact) mass is 210 g/mol. The van der Waals surface area contributed by atoms with Crippen molar-refractivity contribution >= 4 is 5.97 Å². The number of carboxylic acid groups (broad SMARTS) is 1. The van der Waals surface area contributed by atoms with E-state index in [4.69, 9.17) is 4.74 Å². The van der Waals surface area contributed by atoms with Gasteiger partial charge < -0.3 is 9.84 Å². The summed E-state index contributed by atoms with van der Waals surface area (Å²) in [5, 5.41) is 9.44. The molecule has 2 rings (SSSR count). The summed E-state index contributed by atoms with van der Waals surface area (Å²) in [4.78, 5) is 11.5. The van der Waals surface area contributed by atoms with Crippen molar-refractivity contribution in [3.8, 4) is 0 Å². The van der Waals surface area contributed by atoms with Crippen LogP contribution < -0.4 is 0 Å². The Morgan fingerprint density at radius 1 is 1.60 bits per heavy atom. The minimum Gasteiger partial charge on any atom is -0.481 e. The molecule has 1 aliphatic carbocycles. The van der Waals surface area contributed by atoms with Gasteiger partial charge in [0.1, 0.15) is 0 Å². The van der Waals surface area contributed by atoms with Crippen molar-refractivity contribution in [2.45, 2.75) is 38.7 Å². The Hall–Kier alpha value is -0.830. The van der Waals surface area contributed by atoms with E-state index in [9.17, 15) is 9.90 Å². The summed E-state index contributed by atoms with van der Waals surface area (Å²) in [6.45, 7) is 6.32. The zero-order chi connectivity index (χ0) is 11.1. The van der Waals surface area contributed by atoms with Crippen LogP contribution in [-0.2, 0) is 9.53 Å². The van der Waals surface area contributed by atoms with Gasteiger partial charge in [0, 0.05) is 6.61 Å². The molecule has 1 saturated heterocycles. The minimum atomic E-state index is -0.708. The largest absolute Gasteiger partial charge is 0.481 e. The van der Waals surface area contributed by atoms with Gasteiger partial charge in [-0.1, -0.05) is 5.57 Å². The van der Waals surface area contributed by atoms with Crippen LogP contribution in [0.15, 0.2) is 12.2 Å². The summed E-state index contributed by atoms with van der Waals surface area (Å²) < 4.78 is 5.63. The standard InChI is InChI=1S/C12H18O3/c1-8(2)7-12(11(13)14)5-6-15-10(12)9-3-4-9/h9-10H,1,3-7H2,2H3,(H,13,14). The second kappa shape index (κ2) is 3.63. The molecule has 84 valence electrons. The second-order valence-electron chi connectivity index (χ2n) is 4.97. The third kappa shape index (κ3) is 1.81. The van der Waals surface area contributed by atoms with Crippen LogP contribution in [0.5, 0.6) is 0 Å². The smallest absolute Gasteiger partial charge is 0.312 e. The van der Waals surface area contributed by atoms with Crippen molar-refractivity contribution in [1.29, 1.82) is 0 Å². The Kier molecular flexibility index (Phi) is 2.59. The fraction of sp³-hybridized carbons (Fsp3) is 0.750. The summed E-state index contributed by atoms with van der Waals surface area (Å²) in [5.41, 5.74) is 0.251. The first-order chi connectivity index (χ1) is 7.06. The van der Waals surface area contributed by atoms with Crippen molar-refractivity contribution in [2.24, 2.45) is 11.3 Å². The van der Waals surface area contributed by atoms with Crippen molar-refractivity contribution in [3.05, 3.63) is 12.2 Å². The van der Waals surface area contributed by atoms with E-state index in [0.29, 0.717) is 25.4 Å². The third-order valence-electron chi connectivity index (χ3n) is 3.48.